The van der Waals surface area contributed by atoms with Gasteiger partial charge in [-0.05, 0) is 43.7 Å². The zero-order valence-electron chi connectivity index (χ0n) is 16.7. The lowest BCUT2D eigenvalue weighted by atomic mass is 10.1. The van der Waals surface area contributed by atoms with Gasteiger partial charge in [-0.2, -0.15) is 4.98 Å². The predicted octanol–water partition coefficient (Wildman–Crippen LogP) is 5.03. The molecule has 0 saturated carbocycles. The van der Waals surface area contributed by atoms with Gasteiger partial charge in [-0.1, -0.05) is 18.1 Å². The molecule has 0 radical (unpaired) electrons. The molecule has 8 heteroatoms. The van der Waals surface area contributed by atoms with E-state index in [1.54, 1.807) is 13.3 Å². The van der Waals surface area contributed by atoms with E-state index < -0.39 is 0 Å². The molecule has 150 valence electrons. The Bertz CT molecular complexity index is 1160. The number of nitrogens with zero attached hydrogens (tertiary/aromatic N) is 4. The van der Waals surface area contributed by atoms with Gasteiger partial charge in [-0.15, -0.1) is 12.4 Å². The van der Waals surface area contributed by atoms with E-state index in [9.17, 15) is 0 Å². The highest BCUT2D eigenvalue weighted by Crippen LogP contribution is 2.37. The van der Waals surface area contributed by atoms with E-state index in [0.29, 0.717) is 29.3 Å². The maximum atomic E-state index is 5.53. The Morgan fingerprint density at radius 2 is 1.93 bits per heavy atom. The minimum atomic E-state index is 0. The number of hydrogen-bond acceptors (Lipinski definition) is 7. The second kappa shape index (κ2) is 8.45. The number of benzene rings is 1. The molecule has 7 nitrogen and oxygen atoms in total. The molecular formula is C21H22ClN5O2. The number of aromatic nitrogens is 4. The molecule has 3 aromatic heterocycles. The van der Waals surface area contributed by atoms with Gasteiger partial charge in [0, 0.05) is 23.7 Å². The molecule has 4 rings (SSSR count). The third-order valence-corrected chi connectivity index (χ3v) is 4.50. The summed E-state index contributed by atoms with van der Waals surface area (Å²) >= 11 is 0. The number of aryl methyl sites for hydroxylation is 3. The third kappa shape index (κ3) is 4.00. The van der Waals surface area contributed by atoms with Gasteiger partial charge in [-0.25, -0.2) is 9.97 Å². The van der Waals surface area contributed by atoms with Crippen LogP contribution >= 0.6 is 12.4 Å². The summed E-state index contributed by atoms with van der Waals surface area (Å²) in [6, 6.07) is 9.92. The standard InChI is InChI=1S/C21H21N5O2.ClH/c1-5-18-25-21(28-26-18)15-11-22-20-14(8-7-13(3)23-20)19(15)24-16-10-12(2)6-9-17(16)27-4;/h6-11H,5H2,1-4H3,(H,22,23,24);1H. The number of pyridine rings is 2. The topological polar surface area (TPSA) is 86.0 Å². The first-order valence-electron chi connectivity index (χ1n) is 9.10. The number of hydrogen-bond donors (Lipinski definition) is 1. The minimum Gasteiger partial charge on any atom is -0.495 e. The molecule has 0 amide bonds. The molecule has 1 aromatic carbocycles. The zero-order chi connectivity index (χ0) is 19.7. The van der Waals surface area contributed by atoms with Gasteiger partial charge in [0.15, 0.2) is 11.5 Å². The van der Waals surface area contributed by atoms with E-state index >= 15 is 0 Å². The summed E-state index contributed by atoms with van der Waals surface area (Å²) in [4.78, 5) is 13.5. The quantitative estimate of drug-likeness (QED) is 0.492. The number of halogens is 1. The van der Waals surface area contributed by atoms with Crippen molar-refractivity contribution in [2.75, 3.05) is 12.4 Å². The largest absolute Gasteiger partial charge is 0.495 e. The first-order valence-corrected chi connectivity index (χ1v) is 9.10. The Balaban J connectivity index is 0.00000240. The first kappa shape index (κ1) is 20.5. The van der Waals surface area contributed by atoms with E-state index in [1.807, 2.05) is 51.1 Å². The Morgan fingerprint density at radius 3 is 2.66 bits per heavy atom. The number of nitrogens with one attached hydrogen (secondary N) is 1. The molecule has 0 aliphatic rings. The minimum absolute atomic E-state index is 0. The number of anilines is 2. The molecule has 29 heavy (non-hydrogen) atoms. The second-order valence-corrected chi connectivity index (χ2v) is 6.57. The Kier molecular flexibility index (Phi) is 5.98. The van der Waals surface area contributed by atoms with Crippen molar-refractivity contribution in [2.24, 2.45) is 0 Å². The van der Waals surface area contributed by atoms with Crippen LogP contribution in [0.4, 0.5) is 11.4 Å². The van der Waals surface area contributed by atoms with Crippen molar-refractivity contribution >= 4 is 34.8 Å². The molecule has 0 bridgehead atoms. The fourth-order valence-electron chi connectivity index (χ4n) is 3.03. The third-order valence-electron chi connectivity index (χ3n) is 4.50. The maximum Gasteiger partial charge on any atom is 0.261 e. The van der Waals surface area contributed by atoms with Crippen LogP contribution in [0.1, 0.15) is 24.0 Å². The average Bonchev–Trinajstić information content (AvgIpc) is 3.17. The monoisotopic (exact) mass is 411 g/mol. The van der Waals surface area contributed by atoms with Crippen molar-refractivity contribution in [3.05, 3.63) is 53.6 Å². The van der Waals surface area contributed by atoms with E-state index in [1.165, 1.54) is 0 Å². The first-order chi connectivity index (χ1) is 13.6. The molecular weight excluding hydrogens is 390 g/mol. The molecule has 0 fully saturated rings. The van der Waals surface area contributed by atoms with E-state index in [0.717, 1.165) is 33.8 Å². The number of methoxy groups -OCH3 is 1. The molecule has 4 aromatic rings. The summed E-state index contributed by atoms with van der Waals surface area (Å²) in [7, 11) is 1.65. The van der Waals surface area contributed by atoms with Gasteiger partial charge >= 0.3 is 0 Å². The summed E-state index contributed by atoms with van der Waals surface area (Å²) in [5, 5.41) is 8.37. The summed E-state index contributed by atoms with van der Waals surface area (Å²) in [5.41, 5.74) is 5.02. The highest BCUT2D eigenvalue weighted by atomic mass is 35.5. The lowest BCUT2D eigenvalue weighted by Gasteiger charge is -2.15. The van der Waals surface area contributed by atoms with Crippen LogP contribution in [0.25, 0.3) is 22.5 Å². The van der Waals surface area contributed by atoms with Crippen LogP contribution in [0.5, 0.6) is 5.75 Å². The normalized spacial score (nSPS) is 10.6. The van der Waals surface area contributed by atoms with Gasteiger partial charge in [0.2, 0.25) is 0 Å². The van der Waals surface area contributed by atoms with Gasteiger partial charge in [0.1, 0.15) is 5.75 Å². The van der Waals surface area contributed by atoms with E-state index in [2.05, 4.69) is 25.4 Å². The van der Waals surface area contributed by atoms with Crippen molar-refractivity contribution in [1.82, 2.24) is 20.1 Å². The summed E-state index contributed by atoms with van der Waals surface area (Å²) in [6.45, 7) is 5.96. The summed E-state index contributed by atoms with van der Waals surface area (Å²) in [5.74, 6) is 1.80. The number of ether oxygens (including phenoxy) is 1. The van der Waals surface area contributed by atoms with E-state index in [4.69, 9.17) is 9.26 Å². The molecule has 0 saturated heterocycles. The Labute approximate surface area is 174 Å². The predicted molar refractivity (Wildman–Crippen MR) is 115 cm³/mol. The molecule has 0 aliphatic heterocycles. The molecule has 3 heterocycles. The van der Waals surface area contributed by atoms with Gasteiger partial charge < -0.3 is 14.6 Å². The fraction of sp³-hybridized carbons (Fsp3) is 0.238. The lowest BCUT2D eigenvalue weighted by Crippen LogP contribution is -2.00. The summed E-state index contributed by atoms with van der Waals surface area (Å²) in [6.07, 6.45) is 2.41. The van der Waals surface area contributed by atoms with Crippen molar-refractivity contribution in [2.45, 2.75) is 27.2 Å². The number of rotatable bonds is 5. The van der Waals surface area contributed by atoms with Crippen molar-refractivity contribution in [1.29, 1.82) is 0 Å². The van der Waals surface area contributed by atoms with Crippen LogP contribution in [-0.2, 0) is 6.42 Å². The van der Waals surface area contributed by atoms with Crippen molar-refractivity contribution < 1.29 is 9.26 Å². The lowest BCUT2D eigenvalue weighted by molar-refractivity contribution is 0.416. The van der Waals surface area contributed by atoms with Crippen LogP contribution in [-0.4, -0.2) is 27.2 Å². The van der Waals surface area contributed by atoms with Gasteiger partial charge in [0.05, 0.1) is 24.0 Å². The van der Waals surface area contributed by atoms with E-state index in [-0.39, 0.29) is 12.4 Å². The smallest absolute Gasteiger partial charge is 0.261 e. The van der Waals surface area contributed by atoms with Crippen molar-refractivity contribution in [3.8, 4) is 17.2 Å². The average molecular weight is 412 g/mol. The Morgan fingerprint density at radius 1 is 1.10 bits per heavy atom. The second-order valence-electron chi connectivity index (χ2n) is 6.57. The van der Waals surface area contributed by atoms with Crippen LogP contribution in [0, 0.1) is 13.8 Å². The summed E-state index contributed by atoms with van der Waals surface area (Å²) < 4.78 is 11.0. The molecule has 0 unspecified atom stereocenters. The number of fused-ring (bicyclic) bond motifs is 1. The zero-order valence-corrected chi connectivity index (χ0v) is 17.5. The van der Waals surface area contributed by atoms with Gasteiger partial charge in [-0.3, -0.25) is 0 Å². The SMILES string of the molecule is CCc1noc(-c2cnc3nc(C)ccc3c2Nc2cc(C)ccc2OC)n1.Cl. The Hall–Kier alpha value is -3.19. The van der Waals surface area contributed by atoms with Gasteiger partial charge in [0.25, 0.3) is 5.89 Å². The van der Waals surface area contributed by atoms with Crippen LogP contribution < -0.4 is 10.1 Å². The molecule has 0 spiro atoms. The van der Waals surface area contributed by atoms with Crippen LogP contribution in [0.2, 0.25) is 0 Å². The molecule has 1 N–H and O–H groups in total. The molecule has 0 aliphatic carbocycles. The van der Waals surface area contributed by atoms with Crippen LogP contribution in [0.3, 0.4) is 0 Å². The maximum absolute atomic E-state index is 5.53. The highest BCUT2D eigenvalue weighted by molar-refractivity contribution is 5.98. The molecule has 0 atom stereocenters. The highest BCUT2D eigenvalue weighted by Gasteiger charge is 2.18. The fourth-order valence-corrected chi connectivity index (χ4v) is 3.03. The van der Waals surface area contributed by atoms with Crippen LogP contribution in [0.15, 0.2) is 41.1 Å². The van der Waals surface area contributed by atoms with Crippen molar-refractivity contribution in [3.63, 3.8) is 0 Å².